The molecule has 8 nitrogen and oxygen atoms in total. The van der Waals surface area contributed by atoms with Gasteiger partial charge in [0.05, 0.1) is 24.0 Å². The minimum atomic E-state index is -4.43. The third-order valence-electron chi connectivity index (χ3n) is 6.92. The fourth-order valence-corrected chi connectivity index (χ4v) is 4.93. The Morgan fingerprint density at radius 2 is 1.88 bits per heavy atom. The van der Waals surface area contributed by atoms with Crippen LogP contribution in [0.1, 0.15) is 41.5 Å². The lowest BCUT2D eigenvalue weighted by atomic mass is 9.64. The molecule has 2 bridgehead atoms. The van der Waals surface area contributed by atoms with E-state index in [-0.39, 0.29) is 29.6 Å². The summed E-state index contributed by atoms with van der Waals surface area (Å²) in [5.41, 5.74) is 0.698. The van der Waals surface area contributed by atoms with Gasteiger partial charge in [-0.25, -0.2) is 9.97 Å². The summed E-state index contributed by atoms with van der Waals surface area (Å²) in [5, 5.41) is 11.5. The number of aromatic nitrogens is 5. The van der Waals surface area contributed by atoms with E-state index in [1.54, 1.807) is 6.07 Å². The van der Waals surface area contributed by atoms with Gasteiger partial charge < -0.3 is 10.2 Å². The second-order valence-electron chi connectivity index (χ2n) is 8.97. The lowest BCUT2D eigenvalue weighted by Crippen LogP contribution is -2.64. The van der Waals surface area contributed by atoms with Crippen molar-refractivity contribution in [2.75, 3.05) is 11.9 Å². The van der Waals surface area contributed by atoms with E-state index in [4.69, 9.17) is 0 Å². The molecule has 178 valence electrons. The number of pyridine rings is 2. The first-order valence-electron chi connectivity index (χ1n) is 11.2. The van der Waals surface area contributed by atoms with Crippen LogP contribution in [-0.2, 0) is 6.18 Å². The third-order valence-corrected chi connectivity index (χ3v) is 6.92. The minimum Gasteiger partial charge on any atom is -0.368 e. The van der Waals surface area contributed by atoms with E-state index in [0.717, 1.165) is 25.1 Å². The van der Waals surface area contributed by atoms with Gasteiger partial charge in [-0.1, -0.05) is 6.92 Å². The van der Waals surface area contributed by atoms with E-state index in [2.05, 4.69) is 32.4 Å². The van der Waals surface area contributed by atoms with Gasteiger partial charge in [-0.3, -0.25) is 4.79 Å². The number of halogens is 3. The molecule has 2 atom stereocenters. The molecule has 6 rings (SSSR count). The number of carbonyl (C=O) groups excluding carboxylic acids is 1. The first-order chi connectivity index (χ1) is 16.2. The molecule has 3 aromatic rings. The summed E-state index contributed by atoms with van der Waals surface area (Å²) in [7, 11) is 0. The summed E-state index contributed by atoms with van der Waals surface area (Å²) in [6.45, 7) is 4.32. The van der Waals surface area contributed by atoms with Crippen LogP contribution < -0.4 is 5.32 Å². The maximum Gasteiger partial charge on any atom is 0.417 e. The molecule has 0 unspecified atom stereocenters. The number of aryl methyl sites for hydroxylation is 1. The number of hydrogen-bond donors (Lipinski definition) is 1. The average Bonchev–Trinajstić information content (AvgIpc) is 3.31. The van der Waals surface area contributed by atoms with Crippen LogP contribution in [0.2, 0.25) is 0 Å². The van der Waals surface area contributed by atoms with E-state index in [9.17, 15) is 18.0 Å². The molecule has 2 saturated heterocycles. The normalized spacial score (nSPS) is 24.0. The SMILES string of the molecule is Cc1ccc(-n2nccn2)c(C(=O)N2C3CC(C3)[C@H](C)[C@@H]2CNc2ccc(C(F)(F)F)cn2)n1. The molecule has 0 radical (unpaired) electrons. The molecule has 3 aliphatic rings. The summed E-state index contributed by atoms with van der Waals surface area (Å²) in [4.78, 5) is 25.6. The van der Waals surface area contributed by atoms with Crippen LogP contribution in [0.25, 0.3) is 5.69 Å². The molecule has 3 fully saturated rings. The summed E-state index contributed by atoms with van der Waals surface area (Å²) in [5.74, 6) is 0.867. The summed E-state index contributed by atoms with van der Waals surface area (Å²) in [6, 6.07) is 5.85. The zero-order valence-corrected chi connectivity index (χ0v) is 18.7. The molecule has 1 saturated carbocycles. The quantitative estimate of drug-likeness (QED) is 0.610. The van der Waals surface area contributed by atoms with E-state index in [1.807, 2.05) is 17.9 Å². The number of alkyl halides is 3. The van der Waals surface area contributed by atoms with Gasteiger partial charge in [-0.15, -0.1) is 4.80 Å². The monoisotopic (exact) mass is 471 g/mol. The van der Waals surface area contributed by atoms with Crippen LogP contribution in [0.4, 0.5) is 19.0 Å². The maximum atomic E-state index is 13.9. The Morgan fingerprint density at radius 3 is 2.53 bits per heavy atom. The van der Waals surface area contributed by atoms with Crippen LogP contribution in [0.15, 0.2) is 42.9 Å². The highest BCUT2D eigenvalue weighted by molar-refractivity contribution is 5.96. The Kier molecular flexibility index (Phi) is 5.49. The van der Waals surface area contributed by atoms with Crippen molar-refractivity contribution < 1.29 is 18.0 Å². The van der Waals surface area contributed by atoms with Crippen molar-refractivity contribution >= 4 is 11.7 Å². The van der Waals surface area contributed by atoms with Crippen molar-refractivity contribution in [3.05, 3.63) is 59.8 Å². The summed E-state index contributed by atoms with van der Waals surface area (Å²) >= 11 is 0. The zero-order valence-electron chi connectivity index (χ0n) is 18.7. The summed E-state index contributed by atoms with van der Waals surface area (Å²) in [6.07, 6.45) is 1.32. The molecular weight excluding hydrogens is 447 g/mol. The van der Waals surface area contributed by atoms with Crippen molar-refractivity contribution in [1.29, 1.82) is 0 Å². The van der Waals surface area contributed by atoms with Gasteiger partial charge in [0.15, 0.2) is 5.69 Å². The highest BCUT2D eigenvalue weighted by Gasteiger charge is 2.51. The third kappa shape index (κ3) is 3.99. The Labute approximate surface area is 194 Å². The second kappa shape index (κ2) is 8.37. The number of rotatable bonds is 5. The van der Waals surface area contributed by atoms with Crippen LogP contribution >= 0.6 is 0 Å². The highest BCUT2D eigenvalue weighted by atomic mass is 19.4. The number of piperidine rings is 2. The van der Waals surface area contributed by atoms with Crippen molar-refractivity contribution in [1.82, 2.24) is 29.9 Å². The molecule has 0 spiro atoms. The Balaban J connectivity index is 1.40. The first-order valence-corrected chi connectivity index (χ1v) is 11.2. The van der Waals surface area contributed by atoms with E-state index < -0.39 is 11.7 Å². The Morgan fingerprint density at radius 1 is 1.15 bits per heavy atom. The van der Waals surface area contributed by atoms with Gasteiger partial charge in [-0.05, 0) is 55.9 Å². The summed E-state index contributed by atoms with van der Waals surface area (Å²) < 4.78 is 38.5. The number of hydrogen-bond acceptors (Lipinski definition) is 6. The maximum absolute atomic E-state index is 13.9. The van der Waals surface area contributed by atoms with Gasteiger partial charge in [0.25, 0.3) is 5.91 Å². The number of nitrogens with one attached hydrogen (secondary N) is 1. The van der Waals surface area contributed by atoms with Gasteiger partial charge in [-0.2, -0.15) is 23.4 Å². The van der Waals surface area contributed by atoms with Crippen LogP contribution in [0.3, 0.4) is 0 Å². The lowest BCUT2D eigenvalue weighted by molar-refractivity contribution is -0.137. The topological polar surface area (TPSA) is 88.8 Å². The lowest BCUT2D eigenvalue weighted by Gasteiger charge is -2.57. The van der Waals surface area contributed by atoms with Crippen LogP contribution in [0, 0.1) is 18.8 Å². The van der Waals surface area contributed by atoms with Crippen molar-refractivity contribution in [2.24, 2.45) is 11.8 Å². The predicted octanol–water partition coefficient (Wildman–Crippen LogP) is 3.74. The standard InChI is InChI=1S/C23H24F3N7O/c1-13-3-5-18(33-29-7-8-30-33)21(31-13)22(34)32-17-9-15(10-17)14(2)19(32)12-28-20-6-4-16(11-27-20)23(24,25)26/h3-8,11,14-15,17,19H,9-10,12H2,1-2H3,(H,27,28)/t14-,15?,17?,19-/m0/s1. The molecular formula is C23H24F3N7O. The van der Waals surface area contributed by atoms with Gasteiger partial charge in [0.1, 0.15) is 11.5 Å². The van der Waals surface area contributed by atoms with Crippen molar-refractivity contribution in [3.63, 3.8) is 0 Å². The molecule has 1 amide bonds. The molecule has 1 aliphatic carbocycles. The number of anilines is 1. The van der Waals surface area contributed by atoms with Crippen LogP contribution in [-0.4, -0.2) is 54.4 Å². The smallest absolute Gasteiger partial charge is 0.368 e. The molecule has 5 heterocycles. The Hall–Kier alpha value is -3.50. The van der Waals surface area contributed by atoms with Crippen LogP contribution in [0.5, 0.6) is 0 Å². The van der Waals surface area contributed by atoms with E-state index in [0.29, 0.717) is 29.7 Å². The second-order valence-corrected chi connectivity index (χ2v) is 8.97. The highest BCUT2D eigenvalue weighted by Crippen LogP contribution is 2.47. The van der Waals surface area contributed by atoms with E-state index in [1.165, 1.54) is 23.3 Å². The molecule has 34 heavy (non-hydrogen) atoms. The van der Waals surface area contributed by atoms with Gasteiger partial charge in [0.2, 0.25) is 0 Å². The average molecular weight is 471 g/mol. The molecule has 11 heteroatoms. The molecule has 3 aromatic heterocycles. The number of nitrogens with zero attached hydrogens (tertiary/aromatic N) is 6. The Bertz CT molecular complexity index is 1170. The largest absolute Gasteiger partial charge is 0.417 e. The van der Waals surface area contributed by atoms with Gasteiger partial charge >= 0.3 is 6.18 Å². The predicted molar refractivity (Wildman–Crippen MR) is 117 cm³/mol. The number of fused-ring (bicyclic) bond motifs is 2. The molecule has 1 N–H and O–H groups in total. The molecule has 0 aromatic carbocycles. The number of carbonyl (C=O) groups is 1. The number of amides is 1. The molecule has 2 aliphatic heterocycles. The van der Waals surface area contributed by atoms with E-state index >= 15 is 0 Å². The minimum absolute atomic E-state index is 0.0989. The zero-order chi connectivity index (χ0) is 24.0. The fourth-order valence-electron chi connectivity index (χ4n) is 4.93. The van der Waals surface area contributed by atoms with Gasteiger partial charge in [0, 0.05) is 24.5 Å². The van der Waals surface area contributed by atoms with Crippen molar-refractivity contribution in [3.8, 4) is 5.69 Å². The fraction of sp³-hybridized carbons (Fsp3) is 0.435. The first kappa shape index (κ1) is 22.3. The van der Waals surface area contributed by atoms with Crippen molar-refractivity contribution in [2.45, 2.75) is 44.9 Å².